The van der Waals surface area contributed by atoms with E-state index in [0.29, 0.717) is 24.8 Å². The zero-order valence-corrected chi connectivity index (χ0v) is 11.1. The molecule has 1 rings (SSSR count). The Balaban J connectivity index is 2.16. The van der Waals surface area contributed by atoms with Gasteiger partial charge in [-0.1, -0.05) is 17.7 Å². The number of hydrogen-bond donors (Lipinski definition) is 3. The Morgan fingerprint density at radius 3 is 2.94 bits per heavy atom. The second kappa shape index (κ2) is 7.91. The lowest BCUT2D eigenvalue weighted by atomic mass is 10.3. The summed E-state index contributed by atoms with van der Waals surface area (Å²) in [5.74, 6) is 0. The van der Waals surface area contributed by atoms with E-state index in [2.05, 4.69) is 28.2 Å². The number of nitro groups is 1. The second-order valence-electron chi connectivity index (χ2n) is 3.39. The van der Waals surface area contributed by atoms with E-state index < -0.39 is 4.92 Å². The summed E-state index contributed by atoms with van der Waals surface area (Å²) in [4.78, 5) is 13.5. The lowest BCUT2D eigenvalue weighted by Crippen LogP contribution is -2.25. The molecule has 8 heteroatoms. The van der Waals surface area contributed by atoms with E-state index in [9.17, 15) is 10.1 Å². The summed E-state index contributed by atoms with van der Waals surface area (Å²) in [7, 11) is 0. The maximum Gasteiger partial charge on any atom is 0.263 e. The molecule has 0 aliphatic rings. The maximum atomic E-state index is 10.1. The van der Waals surface area contributed by atoms with Gasteiger partial charge in [0.05, 0.1) is 4.92 Å². The Hall–Kier alpha value is -1.31. The number of aromatic nitrogens is 1. The number of rotatable bonds is 7. The van der Waals surface area contributed by atoms with Crippen LogP contribution < -0.4 is 10.6 Å². The third-order valence-electron chi connectivity index (χ3n) is 1.95. The Morgan fingerprint density at radius 2 is 2.33 bits per heavy atom. The Kier molecular flexibility index (Phi) is 6.48. The monoisotopic (exact) mass is 288 g/mol. The summed E-state index contributed by atoms with van der Waals surface area (Å²) in [6.07, 6.45) is 2.51. The molecule has 0 aliphatic carbocycles. The van der Waals surface area contributed by atoms with Crippen molar-refractivity contribution in [2.45, 2.75) is 6.54 Å². The van der Waals surface area contributed by atoms with Crippen molar-refractivity contribution in [1.82, 2.24) is 15.6 Å². The minimum absolute atomic E-state index is 0.231. The van der Waals surface area contributed by atoms with Crippen LogP contribution in [0.5, 0.6) is 0 Å². The van der Waals surface area contributed by atoms with Gasteiger partial charge in [0.2, 0.25) is 0 Å². The van der Waals surface area contributed by atoms with E-state index in [1.807, 2.05) is 6.07 Å². The molecule has 0 saturated heterocycles. The summed E-state index contributed by atoms with van der Waals surface area (Å²) in [5, 5.41) is 16.8. The summed E-state index contributed by atoms with van der Waals surface area (Å²) in [6.45, 7) is 1.86. The topological polar surface area (TPSA) is 80.1 Å². The molecule has 0 unspecified atom stereocenters. The highest BCUT2D eigenvalue weighted by Gasteiger charge is 1.96. The van der Waals surface area contributed by atoms with Crippen molar-refractivity contribution in [3.8, 4) is 0 Å². The minimum atomic E-state index is -0.553. The second-order valence-corrected chi connectivity index (χ2v) is 4.26. The molecule has 2 N–H and O–H groups in total. The van der Waals surface area contributed by atoms with Crippen molar-refractivity contribution >= 4 is 24.2 Å². The fourth-order valence-electron chi connectivity index (χ4n) is 1.17. The molecule has 0 fully saturated rings. The van der Waals surface area contributed by atoms with Crippen molar-refractivity contribution in [3.63, 3.8) is 0 Å². The van der Waals surface area contributed by atoms with Crippen molar-refractivity contribution < 1.29 is 4.92 Å². The van der Waals surface area contributed by atoms with Crippen molar-refractivity contribution in [2.24, 2.45) is 0 Å². The molecule has 98 valence electrons. The predicted molar refractivity (Wildman–Crippen MR) is 73.0 cm³/mol. The largest absolute Gasteiger partial charge is 0.374 e. The molecular formula is C10H13ClN4O2S. The van der Waals surface area contributed by atoms with E-state index in [0.717, 1.165) is 11.8 Å². The van der Waals surface area contributed by atoms with Crippen molar-refractivity contribution in [1.29, 1.82) is 0 Å². The van der Waals surface area contributed by atoms with E-state index in [-0.39, 0.29) is 5.03 Å². The number of pyridine rings is 1. The molecule has 0 saturated carbocycles. The van der Waals surface area contributed by atoms with E-state index >= 15 is 0 Å². The van der Waals surface area contributed by atoms with Gasteiger partial charge in [0, 0.05) is 25.8 Å². The molecule has 0 bridgehead atoms. The van der Waals surface area contributed by atoms with Gasteiger partial charge in [0.25, 0.3) is 6.20 Å². The first-order valence-electron chi connectivity index (χ1n) is 5.17. The van der Waals surface area contributed by atoms with Crippen LogP contribution in [0.3, 0.4) is 0 Å². The molecule has 0 amide bonds. The van der Waals surface area contributed by atoms with Crippen LogP contribution in [0, 0.1) is 10.1 Å². The first kappa shape index (κ1) is 14.7. The van der Waals surface area contributed by atoms with Gasteiger partial charge < -0.3 is 10.6 Å². The van der Waals surface area contributed by atoms with E-state index in [1.165, 1.54) is 0 Å². The van der Waals surface area contributed by atoms with Gasteiger partial charge in [-0.3, -0.25) is 10.1 Å². The summed E-state index contributed by atoms with van der Waals surface area (Å²) < 4.78 is 0. The molecule has 0 aliphatic heterocycles. The summed E-state index contributed by atoms with van der Waals surface area (Å²) >= 11 is 9.57. The van der Waals surface area contributed by atoms with Crippen LogP contribution in [0.25, 0.3) is 0 Å². The minimum Gasteiger partial charge on any atom is -0.374 e. The molecular weight excluding hydrogens is 276 g/mol. The molecule has 18 heavy (non-hydrogen) atoms. The smallest absolute Gasteiger partial charge is 0.263 e. The van der Waals surface area contributed by atoms with E-state index in [1.54, 1.807) is 12.3 Å². The molecule has 1 aromatic heterocycles. The van der Waals surface area contributed by atoms with Gasteiger partial charge in [-0.25, -0.2) is 4.98 Å². The number of hydrogen-bond acceptors (Lipinski definition) is 6. The first-order valence-corrected chi connectivity index (χ1v) is 6.00. The van der Waals surface area contributed by atoms with Crippen LogP contribution in [0.1, 0.15) is 5.56 Å². The van der Waals surface area contributed by atoms with Gasteiger partial charge in [0.1, 0.15) is 10.2 Å². The van der Waals surface area contributed by atoms with Gasteiger partial charge in [-0.05, 0) is 11.6 Å². The predicted octanol–water partition coefficient (Wildman–Crippen LogP) is 1.42. The number of nitrogens with one attached hydrogen (secondary N) is 2. The third-order valence-corrected chi connectivity index (χ3v) is 2.45. The Morgan fingerprint density at radius 1 is 1.56 bits per heavy atom. The van der Waals surface area contributed by atoms with Crippen LogP contribution in [-0.2, 0) is 6.54 Å². The average molecular weight is 289 g/mol. The molecule has 0 radical (unpaired) electrons. The first-order chi connectivity index (χ1) is 8.58. The number of halogens is 1. The summed E-state index contributed by atoms with van der Waals surface area (Å²) in [5.41, 5.74) is 1.02. The molecule has 0 spiro atoms. The molecule has 1 aromatic rings. The Bertz CT molecular complexity index is 424. The zero-order chi connectivity index (χ0) is 13.4. The quantitative estimate of drug-likeness (QED) is 0.232. The zero-order valence-electron chi connectivity index (χ0n) is 9.47. The standard InChI is InChI=1S/C10H13ClN4O2S/c11-9-2-1-8(6-14-9)5-12-3-4-13-10(18)7-15(16)17/h1-2,6-7,12-13,18H,3-5H2/b10-7+. The van der Waals surface area contributed by atoms with Crippen LogP contribution >= 0.6 is 24.2 Å². The van der Waals surface area contributed by atoms with Gasteiger partial charge in [-0.15, -0.1) is 12.6 Å². The highest BCUT2D eigenvalue weighted by molar-refractivity contribution is 7.84. The van der Waals surface area contributed by atoms with Gasteiger partial charge >= 0.3 is 0 Å². The Labute approximate surface area is 115 Å². The van der Waals surface area contributed by atoms with E-state index in [4.69, 9.17) is 11.6 Å². The van der Waals surface area contributed by atoms with Gasteiger partial charge in [-0.2, -0.15) is 0 Å². The van der Waals surface area contributed by atoms with Crippen LogP contribution in [0.4, 0.5) is 0 Å². The average Bonchev–Trinajstić information content (AvgIpc) is 2.30. The van der Waals surface area contributed by atoms with Crippen molar-refractivity contribution in [2.75, 3.05) is 13.1 Å². The molecule has 0 atom stereocenters. The maximum absolute atomic E-state index is 10.1. The van der Waals surface area contributed by atoms with Crippen molar-refractivity contribution in [3.05, 3.63) is 50.4 Å². The molecule has 6 nitrogen and oxygen atoms in total. The fourth-order valence-corrected chi connectivity index (χ4v) is 1.49. The lowest BCUT2D eigenvalue weighted by Gasteiger charge is -2.06. The lowest BCUT2D eigenvalue weighted by molar-refractivity contribution is -0.403. The van der Waals surface area contributed by atoms with Crippen LogP contribution in [-0.4, -0.2) is 23.0 Å². The number of nitrogens with zero attached hydrogens (tertiary/aromatic N) is 2. The fraction of sp³-hybridized carbons (Fsp3) is 0.300. The highest BCUT2D eigenvalue weighted by atomic mass is 35.5. The molecule has 1 heterocycles. The highest BCUT2D eigenvalue weighted by Crippen LogP contribution is 2.04. The number of thiol groups is 1. The SMILES string of the molecule is O=[N+]([O-])/C=C(/S)NCCNCc1ccc(Cl)nc1. The van der Waals surface area contributed by atoms with Crippen LogP contribution in [0.2, 0.25) is 5.15 Å². The normalized spacial score (nSPS) is 11.3. The summed E-state index contributed by atoms with van der Waals surface area (Å²) in [6, 6.07) is 3.61. The van der Waals surface area contributed by atoms with Gasteiger partial charge in [0.15, 0.2) is 0 Å². The van der Waals surface area contributed by atoms with Crippen LogP contribution in [0.15, 0.2) is 29.6 Å². The molecule has 0 aromatic carbocycles. The third kappa shape index (κ3) is 6.43.